The van der Waals surface area contributed by atoms with E-state index in [1.165, 1.54) is 13.8 Å². The van der Waals surface area contributed by atoms with E-state index in [1.807, 2.05) is 50.2 Å². The molecule has 2 aromatic rings. The van der Waals surface area contributed by atoms with Crippen LogP contribution in [0.25, 0.3) is 0 Å². The van der Waals surface area contributed by atoms with Gasteiger partial charge in [-0.3, -0.25) is 9.59 Å². The number of ether oxygens (including phenoxy) is 5. The Bertz CT molecular complexity index is 1070. The van der Waals surface area contributed by atoms with Gasteiger partial charge in [0.1, 0.15) is 25.4 Å². The van der Waals surface area contributed by atoms with Crippen LogP contribution in [-0.2, 0) is 30.2 Å². The van der Waals surface area contributed by atoms with E-state index in [-0.39, 0.29) is 12.0 Å². The van der Waals surface area contributed by atoms with Crippen molar-refractivity contribution in [3.05, 3.63) is 58.1 Å². The summed E-state index contributed by atoms with van der Waals surface area (Å²) in [6, 6.07) is 11.4. The van der Waals surface area contributed by atoms with Crippen LogP contribution in [0, 0.1) is 5.92 Å². The van der Waals surface area contributed by atoms with Gasteiger partial charge in [-0.2, -0.15) is 0 Å². The minimum atomic E-state index is -0.782. The van der Waals surface area contributed by atoms with Gasteiger partial charge in [0.05, 0.1) is 6.10 Å². The highest BCUT2D eigenvalue weighted by Gasteiger charge is 2.47. The lowest BCUT2D eigenvalue weighted by atomic mass is 9.85. The number of hydrogen-bond donors (Lipinski definition) is 0. The van der Waals surface area contributed by atoms with E-state index in [4.69, 9.17) is 35.3 Å². The Labute approximate surface area is 204 Å². The number of hydrogen-bond acceptors (Lipinski definition) is 7. The molecule has 0 saturated carbocycles. The number of halogens is 1. The molecule has 7 nitrogen and oxygen atoms in total. The lowest BCUT2D eigenvalue weighted by Crippen LogP contribution is -2.52. The van der Waals surface area contributed by atoms with E-state index in [1.54, 1.807) is 0 Å². The molecule has 0 spiro atoms. The first-order valence-corrected chi connectivity index (χ1v) is 11.8. The zero-order valence-corrected chi connectivity index (χ0v) is 20.5. The Hall–Kier alpha value is -2.77. The summed E-state index contributed by atoms with van der Waals surface area (Å²) in [7, 11) is 0. The van der Waals surface area contributed by atoms with Crippen molar-refractivity contribution in [3.8, 4) is 11.5 Å². The van der Waals surface area contributed by atoms with E-state index in [0.29, 0.717) is 30.4 Å². The third-order valence-corrected chi connectivity index (χ3v) is 6.61. The second-order valence-electron chi connectivity index (χ2n) is 8.77. The molecular formula is C26H29ClO7. The van der Waals surface area contributed by atoms with Crippen LogP contribution in [0.4, 0.5) is 0 Å². The second kappa shape index (κ2) is 10.2. The third kappa shape index (κ3) is 5.31. The number of rotatable bonds is 5. The van der Waals surface area contributed by atoms with Gasteiger partial charge in [0.15, 0.2) is 17.6 Å². The lowest BCUT2D eigenvalue weighted by Gasteiger charge is -2.43. The van der Waals surface area contributed by atoms with Crippen molar-refractivity contribution in [3.63, 3.8) is 0 Å². The van der Waals surface area contributed by atoms with Crippen LogP contribution in [0.3, 0.4) is 0 Å². The molecule has 8 heteroatoms. The SMILES string of the molecule is CC(=O)O[C@@H]1[C@@H](OC(C)=O)[C@H](c2ccc(Cl)c(Cc3ccc4c(c3)OCCO4)c2)OC(C)[C@H]1C. The minimum absolute atomic E-state index is 0.158. The molecular weight excluding hydrogens is 460 g/mol. The number of esters is 2. The van der Waals surface area contributed by atoms with Gasteiger partial charge in [-0.05, 0) is 48.2 Å². The topological polar surface area (TPSA) is 80.3 Å². The van der Waals surface area contributed by atoms with Gasteiger partial charge in [-0.1, -0.05) is 36.7 Å². The summed E-state index contributed by atoms with van der Waals surface area (Å²) in [5, 5.41) is 0.608. The number of carbonyl (C=O) groups is 2. The van der Waals surface area contributed by atoms with E-state index in [0.717, 1.165) is 22.4 Å². The molecule has 0 radical (unpaired) electrons. The standard InChI is InChI=1S/C26H29ClO7/c1-14-15(2)32-25(26(34-17(4)29)24(14)33-16(3)28)19-6-7-21(27)20(13-19)11-18-5-8-22-23(12-18)31-10-9-30-22/h5-8,12-15,24-26H,9-11H2,1-4H3/t14-,15?,24+,25+,26-/m1/s1. The minimum Gasteiger partial charge on any atom is -0.486 e. The number of carbonyl (C=O) groups excluding carboxylic acids is 2. The smallest absolute Gasteiger partial charge is 0.303 e. The molecule has 1 fully saturated rings. The van der Waals surface area contributed by atoms with Crippen LogP contribution < -0.4 is 9.47 Å². The maximum Gasteiger partial charge on any atom is 0.303 e. The van der Waals surface area contributed by atoms with Crippen LogP contribution in [0.5, 0.6) is 11.5 Å². The van der Waals surface area contributed by atoms with Gasteiger partial charge < -0.3 is 23.7 Å². The molecule has 5 atom stereocenters. The van der Waals surface area contributed by atoms with E-state index < -0.39 is 30.3 Å². The molecule has 1 saturated heterocycles. The van der Waals surface area contributed by atoms with Crippen LogP contribution in [-0.4, -0.2) is 43.5 Å². The number of benzene rings is 2. The van der Waals surface area contributed by atoms with Gasteiger partial charge in [-0.25, -0.2) is 0 Å². The van der Waals surface area contributed by atoms with Crippen molar-refractivity contribution in [2.24, 2.45) is 5.92 Å². The second-order valence-corrected chi connectivity index (χ2v) is 9.18. The molecule has 2 aliphatic rings. The summed E-state index contributed by atoms with van der Waals surface area (Å²) in [6.07, 6.45) is -1.69. The highest BCUT2D eigenvalue weighted by atomic mass is 35.5. The van der Waals surface area contributed by atoms with Crippen LogP contribution in [0.15, 0.2) is 36.4 Å². The lowest BCUT2D eigenvalue weighted by molar-refractivity contribution is -0.222. The van der Waals surface area contributed by atoms with E-state index in [2.05, 4.69) is 0 Å². The third-order valence-electron chi connectivity index (χ3n) is 6.25. The van der Waals surface area contributed by atoms with Crippen molar-refractivity contribution in [2.75, 3.05) is 13.2 Å². The molecule has 0 amide bonds. The van der Waals surface area contributed by atoms with Crippen molar-refractivity contribution in [2.45, 2.75) is 58.5 Å². The van der Waals surface area contributed by atoms with Crippen LogP contribution >= 0.6 is 11.6 Å². The highest BCUT2D eigenvalue weighted by molar-refractivity contribution is 6.31. The average molecular weight is 489 g/mol. The first-order chi connectivity index (χ1) is 16.2. The van der Waals surface area contributed by atoms with E-state index >= 15 is 0 Å². The summed E-state index contributed by atoms with van der Waals surface area (Å²) < 4.78 is 28.8. The van der Waals surface area contributed by atoms with Crippen molar-refractivity contribution < 1.29 is 33.3 Å². The molecule has 0 N–H and O–H groups in total. The predicted octanol–water partition coefficient (Wildman–Crippen LogP) is 4.66. The molecule has 2 heterocycles. The molecule has 182 valence electrons. The largest absolute Gasteiger partial charge is 0.486 e. The highest BCUT2D eigenvalue weighted by Crippen LogP contribution is 2.40. The Morgan fingerprint density at radius 3 is 2.32 bits per heavy atom. The first kappa shape index (κ1) is 24.4. The maximum absolute atomic E-state index is 11.9. The summed E-state index contributed by atoms with van der Waals surface area (Å²) >= 11 is 6.55. The fourth-order valence-electron chi connectivity index (χ4n) is 4.45. The van der Waals surface area contributed by atoms with Gasteiger partial charge in [0.25, 0.3) is 0 Å². The normalized spacial score (nSPS) is 26.0. The molecule has 0 aromatic heterocycles. The van der Waals surface area contributed by atoms with Crippen LogP contribution in [0.1, 0.15) is 50.5 Å². The molecule has 2 aromatic carbocycles. The molecule has 0 aliphatic carbocycles. The number of fused-ring (bicyclic) bond motifs is 1. The molecule has 0 bridgehead atoms. The van der Waals surface area contributed by atoms with Crippen molar-refractivity contribution in [1.82, 2.24) is 0 Å². The zero-order chi connectivity index (χ0) is 24.4. The Morgan fingerprint density at radius 2 is 1.62 bits per heavy atom. The van der Waals surface area contributed by atoms with Crippen molar-refractivity contribution in [1.29, 1.82) is 0 Å². The molecule has 4 rings (SSSR count). The summed E-state index contributed by atoms with van der Waals surface area (Å²) in [5.41, 5.74) is 2.69. The summed E-state index contributed by atoms with van der Waals surface area (Å²) in [5.74, 6) is 0.386. The van der Waals surface area contributed by atoms with Gasteiger partial charge >= 0.3 is 11.9 Å². The molecule has 1 unspecified atom stereocenters. The van der Waals surface area contributed by atoms with Gasteiger partial charge in [0, 0.05) is 24.8 Å². The molecule has 34 heavy (non-hydrogen) atoms. The predicted molar refractivity (Wildman–Crippen MR) is 125 cm³/mol. The zero-order valence-electron chi connectivity index (χ0n) is 19.7. The van der Waals surface area contributed by atoms with Gasteiger partial charge in [-0.15, -0.1) is 0 Å². The van der Waals surface area contributed by atoms with Crippen molar-refractivity contribution >= 4 is 23.5 Å². The Balaban J connectivity index is 1.65. The molecule has 2 aliphatic heterocycles. The monoisotopic (exact) mass is 488 g/mol. The van der Waals surface area contributed by atoms with Gasteiger partial charge in [0.2, 0.25) is 0 Å². The fraction of sp³-hybridized carbons (Fsp3) is 0.462. The first-order valence-electron chi connectivity index (χ1n) is 11.4. The Kier molecular flexibility index (Phi) is 7.33. The summed E-state index contributed by atoms with van der Waals surface area (Å²) in [6.45, 7) is 7.57. The van der Waals surface area contributed by atoms with E-state index in [9.17, 15) is 9.59 Å². The quantitative estimate of drug-likeness (QED) is 0.566. The Morgan fingerprint density at radius 1 is 0.941 bits per heavy atom. The van der Waals surface area contributed by atoms with Crippen LogP contribution in [0.2, 0.25) is 5.02 Å². The fourth-order valence-corrected chi connectivity index (χ4v) is 4.64. The average Bonchev–Trinajstić information content (AvgIpc) is 2.79. The maximum atomic E-state index is 11.9. The summed E-state index contributed by atoms with van der Waals surface area (Å²) in [4.78, 5) is 23.7.